The Bertz CT molecular complexity index is 428. The summed E-state index contributed by atoms with van der Waals surface area (Å²) in [6, 6.07) is 0. The van der Waals surface area contributed by atoms with Gasteiger partial charge in [-0.1, -0.05) is 54.4 Å². The molecule has 4 aliphatic carbocycles. The van der Waals surface area contributed by atoms with E-state index in [4.69, 9.17) is 0 Å². The van der Waals surface area contributed by atoms with Crippen molar-refractivity contribution in [2.45, 2.75) is 78.9 Å². The summed E-state index contributed by atoms with van der Waals surface area (Å²) in [6.07, 6.45) is 5.97. The molecule has 0 nitrogen and oxygen atoms in total. The third-order valence-electron chi connectivity index (χ3n) is 9.16. The Kier molecular flexibility index (Phi) is 3.50. The summed E-state index contributed by atoms with van der Waals surface area (Å²) in [5.41, 5.74) is 2.07. The highest BCUT2D eigenvalue weighted by molar-refractivity contribution is 9.24. The van der Waals surface area contributed by atoms with Crippen molar-refractivity contribution in [2.24, 2.45) is 46.3 Å². The lowest BCUT2D eigenvalue weighted by atomic mass is 9.44. The Balaban J connectivity index is 1.46. The van der Waals surface area contributed by atoms with E-state index in [9.17, 15) is 0 Å². The van der Waals surface area contributed by atoms with E-state index in [0.29, 0.717) is 10.8 Å². The minimum atomic E-state index is 0.650. The van der Waals surface area contributed by atoms with Crippen LogP contribution in [0.2, 0.25) is 11.6 Å². The molecule has 0 amide bonds. The maximum atomic E-state index is 4.25. The summed E-state index contributed by atoms with van der Waals surface area (Å²) < 4.78 is 0. The lowest BCUT2D eigenvalue weighted by Crippen LogP contribution is -2.33. The van der Waals surface area contributed by atoms with Gasteiger partial charge in [0.15, 0.2) is 0 Å². The van der Waals surface area contributed by atoms with Crippen LogP contribution in [0.4, 0.5) is 0 Å². The molecule has 0 bridgehead atoms. The molecule has 2 heteroatoms. The summed E-state index contributed by atoms with van der Waals surface area (Å²) in [7, 11) is 0. The summed E-state index contributed by atoms with van der Waals surface area (Å²) in [5, 5.41) is 0. The number of hydrogen-bond donors (Lipinski definition) is 0. The second-order valence-electron chi connectivity index (χ2n) is 10.7. The van der Waals surface area contributed by atoms with Gasteiger partial charge in [0.2, 0.25) is 5.54 Å². The van der Waals surface area contributed by atoms with Crippen LogP contribution in [0.5, 0.6) is 0 Å². The molecule has 4 aliphatic rings. The molecule has 0 aromatic heterocycles. The molecule has 4 rings (SSSR count). The SMILES string of the molecule is C[C@@H]1C[C@H]2[C@@H](C[C@H]1B(Br)[C@@H]1C[C@@H]3[C@H](C[C@H]1C)C3(C)C)C2(C)C. The van der Waals surface area contributed by atoms with Crippen LogP contribution in [-0.4, -0.2) is 5.54 Å². The molecule has 0 saturated heterocycles. The maximum Gasteiger partial charge on any atom is 0.229 e. The number of rotatable bonds is 2. The van der Waals surface area contributed by atoms with Crippen LogP contribution in [-0.2, 0) is 0 Å². The molecule has 0 aliphatic heterocycles. The van der Waals surface area contributed by atoms with Crippen LogP contribution < -0.4 is 0 Å². The molecule has 0 heterocycles. The molecule has 4 saturated carbocycles. The van der Waals surface area contributed by atoms with Crippen LogP contribution >= 0.6 is 15.8 Å². The van der Waals surface area contributed by atoms with E-state index in [1.807, 2.05) is 0 Å². The average Bonchev–Trinajstić information content (AvgIpc) is 3.18. The summed E-state index contributed by atoms with van der Waals surface area (Å²) >= 11 is 4.25. The van der Waals surface area contributed by atoms with Gasteiger partial charge in [-0.25, -0.2) is 0 Å². The molecule has 0 aromatic rings. The number of halogens is 1. The molecule has 0 spiro atoms. The maximum absolute atomic E-state index is 4.25. The summed E-state index contributed by atoms with van der Waals surface area (Å²) in [6.45, 7) is 15.1. The number of hydrogen-bond acceptors (Lipinski definition) is 0. The minimum Gasteiger partial charge on any atom is -0.156 e. The fourth-order valence-electron chi connectivity index (χ4n) is 6.99. The van der Waals surface area contributed by atoms with Crippen LogP contribution in [0.25, 0.3) is 0 Å². The molecule has 4 fully saturated rings. The highest BCUT2D eigenvalue weighted by Gasteiger charge is 2.64. The lowest BCUT2D eigenvalue weighted by molar-refractivity contribution is 0.336. The van der Waals surface area contributed by atoms with E-state index in [2.05, 4.69) is 57.3 Å². The van der Waals surface area contributed by atoms with Crippen molar-refractivity contribution in [3.05, 3.63) is 0 Å². The van der Waals surface area contributed by atoms with Gasteiger partial charge >= 0.3 is 0 Å². The molecule has 22 heavy (non-hydrogen) atoms. The minimum absolute atomic E-state index is 0.650. The van der Waals surface area contributed by atoms with Crippen molar-refractivity contribution in [1.82, 2.24) is 0 Å². The van der Waals surface area contributed by atoms with Gasteiger partial charge in [-0.15, -0.1) is 0 Å². The highest BCUT2D eigenvalue weighted by atomic mass is 79.9. The van der Waals surface area contributed by atoms with Gasteiger partial charge < -0.3 is 0 Å². The van der Waals surface area contributed by atoms with Gasteiger partial charge in [-0.3, -0.25) is 0 Å². The Labute approximate surface area is 146 Å². The van der Waals surface area contributed by atoms with E-state index in [1.165, 1.54) is 25.7 Å². The molecule has 0 aromatic carbocycles. The fourth-order valence-corrected chi connectivity index (χ4v) is 8.47. The topological polar surface area (TPSA) is 0 Å². The molecule has 0 radical (unpaired) electrons. The van der Waals surface area contributed by atoms with Crippen molar-refractivity contribution in [2.75, 3.05) is 0 Å². The highest BCUT2D eigenvalue weighted by Crippen LogP contribution is 2.72. The zero-order valence-electron chi connectivity index (χ0n) is 15.4. The van der Waals surface area contributed by atoms with Gasteiger partial charge in [0, 0.05) is 0 Å². The third kappa shape index (κ3) is 2.14. The largest absolute Gasteiger partial charge is 0.229 e. The second-order valence-corrected chi connectivity index (χ2v) is 11.8. The van der Waals surface area contributed by atoms with Gasteiger partial charge in [0.1, 0.15) is 0 Å². The lowest BCUT2D eigenvalue weighted by Gasteiger charge is -2.38. The summed E-state index contributed by atoms with van der Waals surface area (Å²) in [4.78, 5) is 0. The zero-order valence-corrected chi connectivity index (χ0v) is 17.0. The molecule has 0 N–H and O–H groups in total. The Hall–Kier alpha value is 0.545. The third-order valence-corrected chi connectivity index (χ3v) is 10.5. The van der Waals surface area contributed by atoms with E-state index < -0.39 is 0 Å². The molecule has 124 valence electrons. The fraction of sp³-hybridized carbons (Fsp3) is 1.00. The normalized spacial score (nSPS) is 54.1. The second kappa shape index (κ2) is 4.80. The first-order valence-electron chi connectivity index (χ1n) is 9.79. The van der Waals surface area contributed by atoms with Gasteiger partial charge in [-0.2, -0.15) is 15.8 Å². The monoisotopic (exact) mass is 364 g/mol. The first kappa shape index (κ1) is 16.0. The van der Waals surface area contributed by atoms with E-state index in [-0.39, 0.29) is 0 Å². The van der Waals surface area contributed by atoms with E-state index >= 15 is 0 Å². The Morgan fingerprint density at radius 3 is 1.36 bits per heavy atom. The van der Waals surface area contributed by atoms with Gasteiger partial charge in [-0.05, 0) is 70.8 Å². The van der Waals surface area contributed by atoms with Crippen LogP contribution in [0.15, 0.2) is 0 Å². The van der Waals surface area contributed by atoms with E-state index in [0.717, 1.165) is 52.7 Å². The first-order valence-corrected chi connectivity index (χ1v) is 10.7. The molecular formula is C20H34BBr. The van der Waals surface area contributed by atoms with Crippen LogP contribution in [0, 0.1) is 46.3 Å². The van der Waals surface area contributed by atoms with Crippen molar-refractivity contribution >= 4 is 21.3 Å². The van der Waals surface area contributed by atoms with E-state index in [1.54, 1.807) is 0 Å². The van der Waals surface area contributed by atoms with Crippen molar-refractivity contribution in [3.8, 4) is 0 Å². The van der Waals surface area contributed by atoms with Crippen molar-refractivity contribution in [3.63, 3.8) is 0 Å². The quantitative estimate of drug-likeness (QED) is 0.489. The first-order chi connectivity index (χ1) is 10.2. The Morgan fingerprint density at radius 1 is 0.682 bits per heavy atom. The average molecular weight is 365 g/mol. The van der Waals surface area contributed by atoms with Gasteiger partial charge in [0.25, 0.3) is 0 Å². The van der Waals surface area contributed by atoms with Gasteiger partial charge in [0.05, 0.1) is 0 Å². The molecular weight excluding hydrogens is 331 g/mol. The molecule has 0 unspecified atom stereocenters. The van der Waals surface area contributed by atoms with Crippen LogP contribution in [0.1, 0.15) is 67.2 Å². The Morgan fingerprint density at radius 2 is 1.00 bits per heavy atom. The van der Waals surface area contributed by atoms with Crippen LogP contribution in [0.3, 0.4) is 0 Å². The zero-order chi connectivity index (χ0) is 16.0. The van der Waals surface area contributed by atoms with Crippen molar-refractivity contribution < 1.29 is 0 Å². The predicted octanol–water partition coefficient (Wildman–Crippen LogP) is 6.52. The van der Waals surface area contributed by atoms with Crippen molar-refractivity contribution in [1.29, 1.82) is 0 Å². The smallest absolute Gasteiger partial charge is 0.156 e. The standard InChI is InChI=1S/C20H34BBr/c1-11-7-13-15(19(13,3)4)9-17(11)21(22)18-10-16-14(8-12(18)2)20(16,5)6/h11-18H,7-10H2,1-6H3/t11-,12-,13+,14+,15-,16-,17-,18-/m1/s1. The number of fused-ring (bicyclic) bond motifs is 2. The molecule has 8 atom stereocenters. The predicted molar refractivity (Wildman–Crippen MR) is 100 cm³/mol. The summed E-state index contributed by atoms with van der Waals surface area (Å²) in [5.74, 6) is 7.82.